The van der Waals surface area contributed by atoms with E-state index in [2.05, 4.69) is 23.0 Å². The van der Waals surface area contributed by atoms with Crippen LogP contribution in [0.5, 0.6) is 0 Å². The zero-order valence-corrected chi connectivity index (χ0v) is 9.76. The van der Waals surface area contributed by atoms with Gasteiger partial charge in [-0.05, 0) is 29.7 Å². The molecule has 0 fully saturated rings. The Hall–Kier alpha value is -2.03. The fraction of sp³-hybridized carbons (Fsp3) is 0.214. The maximum Gasteiger partial charge on any atom is 0.151 e. The number of aldehydes is 1. The van der Waals surface area contributed by atoms with Crippen LogP contribution in [0.25, 0.3) is 0 Å². The second-order valence-electron chi connectivity index (χ2n) is 3.93. The summed E-state index contributed by atoms with van der Waals surface area (Å²) in [6.45, 7) is 2.11. The van der Waals surface area contributed by atoms with E-state index in [1.165, 1.54) is 5.56 Å². The van der Waals surface area contributed by atoms with Crippen LogP contribution in [0.2, 0.25) is 0 Å². The van der Waals surface area contributed by atoms with Crippen molar-refractivity contribution in [1.82, 2.24) is 9.97 Å². The molecule has 0 spiro atoms. The molecule has 0 atom stereocenters. The molecule has 2 aromatic heterocycles. The maximum atomic E-state index is 10.6. The van der Waals surface area contributed by atoms with Crippen molar-refractivity contribution in [3.8, 4) is 0 Å². The smallest absolute Gasteiger partial charge is 0.151 e. The van der Waals surface area contributed by atoms with Crippen molar-refractivity contribution in [1.29, 1.82) is 0 Å². The lowest BCUT2D eigenvalue weighted by Crippen LogP contribution is -1.95. The molecule has 0 N–H and O–H groups in total. The van der Waals surface area contributed by atoms with Crippen molar-refractivity contribution >= 4 is 6.29 Å². The number of pyridine rings is 2. The monoisotopic (exact) mass is 226 g/mol. The number of hydrogen-bond donors (Lipinski definition) is 0. The predicted molar refractivity (Wildman–Crippen MR) is 66.0 cm³/mol. The SMILES string of the molecule is CCc1ccc(Cc2cncc(C=O)c2)nc1. The summed E-state index contributed by atoms with van der Waals surface area (Å²) in [5.74, 6) is 0. The molecule has 0 unspecified atom stereocenters. The summed E-state index contributed by atoms with van der Waals surface area (Å²) in [5, 5.41) is 0. The minimum atomic E-state index is 0.604. The highest BCUT2D eigenvalue weighted by atomic mass is 16.1. The van der Waals surface area contributed by atoms with Gasteiger partial charge in [-0.25, -0.2) is 0 Å². The minimum absolute atomic E-state index is 0.604. The standard InChI is InChI=1S/C14H14N2O/c1-2-11-3-4-14(16-9-11)6-12-5-13(10-17)8-15-7-12/h3-5,7-10H,2,6H2,1H3. The van der Waals surface area contributed by atoms with E-state index in [1.807, 2.05) is 18.3 Å². The van der Waals surface area contributed by atoms with E-state index in [0.29, 0.717) is 12.0 Å². The Bertz CT molecular complexity index is 506. The van der Waals surface area contributed by atoms with Crippen LogP contribution >= 0.6 is 0 Å². The van der Waals surface area contributed by atoms with Crippen LogP contribution in [0, 0.1) is 0 Å². The summed E-state index contributed by atoms with van der Waals surface area (Å²) in [4.78, 5) is 19.0. The Balaban J connectivity index is 2.16. The molecule has 0 saturated heterocycles. The van der Waals surface area contributed by atoms with E-state index in [1.54, 1.807) is 12.4 Å². The first-order valence-electron chi connectivity index (χ1n) is 5.64. The first-order valence-corrected chi connectivity index (χ1v) is 5.64. The molecule has 2 heterocycles. The summed E-state index contributed by atoms with van der Waals surface area (Å²) in [6.07, 6.45) is 7.73. The van der Waals surface area contributed by atoms with Gasteiger partial charge in [0.2, 0.25) is 0 Å². The van der Waals surface area contributed by atoms with Gasteiger partial charge in [0.15, 0.2) is 6.29 Å². The number of aromatic nitrogens is 2. The molecule has 0 amide bonds. The van der Waals surface area contributed by atoms with Gasteiger partial charge in [-0.15, -0.1) is 0 Å². The van der Waals surface area contributed by atoms with E-state index in [4.69, 9.17) is 0 Å². The van der Waals surface area contributed by atoms with Crippen LogP contribution in [-0.2, 0) is 12.8 Å². The van der Waals surface area contributed by atoms with Crippen LogP contribution in [0.3, 0.4) is 0 Å². The number of carbonyl (C=O) groups is 1. The molecule has 0 bridgehead atoms. The predicted octanol–water partition coefficient (Wildman–Crippen LogP) is 2.44. The van der Waals surface area contributed by atoms with Gasteiger partial charge in [0.25, 0.3) is 0 Å². The van der Waals surface area contributed by atoms with Crippen molar-refractivity contribution in [3.05, 3.63) is 59.2 Å². The van der Waals surface area contributed by atoms with Gasteiger partial charge >= 0.3 is 0 Å². The van der Waals surface area contributed by atoms with Gasteiger partial charge in [0.1, 0.15) is 0 Å². The molecule has 3 heteroatoms. The largest absolute Gasteiger partial charge is 0.298 e. The number of rotatable bonds is 4. The quantitative estimate of drug-likeness (QED) is 0.752. The lowest BCUT2D eigenvalue weighted by Gasteiger charge is -2.02. The van der Waals surface area contributed by atoms with E-state index in [-0.39, 0.29) is 0 Å². The Labute approximate surface area is 101 Å². The lowest BCUT2D eigenvalue weighted by atomic mass is 10.1. The first-order chi connectivity index (χ1) is 8.31. The molecule has 0 aliphatic heterocycles. The molecule has 0 radical (unpaired) electrons. The van der Waals surface area contributed by atoms with Crippen molar-refractivity contribution < 1.29 is 4.79 Å². The van der Waals surface area contributed by atoms with Crippen LogP contribution < -0.4 is 0 Å². The average Bonchev–Trinajstić information content (AvgIpc) is 2.40. The Kier molecular flexibility index (Phi) is 3.60. The molecular weight excluding hydrogens is 212 g/mol. The summed E-state index contributed by atoms with van der Waals surface area (Å²) >= 11 is 0. The maximum absolute atomic E-state index is 10.6. The molecule has 2 rings (SSSR count). The molecule has 3 nitrogen and oxygen atoms in total. The topological polar surface area (TPSA) is 42.9 Å². The third kappa shape index (κ3) is 2.97. The van der Waals surface area contributed by atoms with Gasteiger partial charge in [0, 0.05) is 36.3 Å². The molecule has 0 aromatic carbocycles. The van der Waals surface area contributed by atoms with Gasteiger partial charge in [-0.3, -0.25) is 14.8 Å². The van der Waals surface area contributed by atoms with E-state index in [0.717, 1.165) is 24.0 Å². The van der Waals surface area contributed by atoms with Crippen molar-refractivity contribution in [3.63, 3.8) is 0 Å². The molecular formula is C14H14N2O. The lowest BCUT2D eigenvalue weighted by molar-refractivity contribution is 0.112. The second-order valence-corrected chi connectivity index (χ2v) is 3.93. The van der Waals surface area contributed by atoms with Gasteiger partial charge in [0.05, 0.1) is 0 Å². The molecule has 0 aliphatic rings. The molecule has 0 aliphatic carbocycles. The second kappa shape index (κ2) is 5.34. The highest BCUT2D eigenvalue weighted by Gasteiger charge is 2.00. The minimum Gasteiger partial charge on any atom is -0.298 e. The fourth-order valence-electron chi connectivity index (χ4n) is 1.65. The zero-order valence-electron chi connectivity index (χ0n) is 9.76. The number of hydrogen-bond acceptors (Lipinski definition) is 3. The Morgan fingerprint density at radius 2 is 2.06 bits per heavy atom. The number of aryl methyl sites for hydroxylation is 1. The van der Waals surface area contributed by atoms with Crippen molar-refractivity contribution in [2.75, 3.05) is 0 Å². The number of carbonyl (C=O) groups excluding carboxylic acids is 1. The summed E-state index contributed by atoms with van der Waals surface area (Å²) < 4.78 is 0. The third-order valence-corrected chi connectivity index (χ3v) is 2.63. The summed E-state index contributed by atoms with van der Waals surface area (Å²) in [5.41, 5.74) is 3.83. The van der Waals surface area contributed by atoms with Gasteiger partial charge < -0.3 is 0 Å². The molecule has 0 saturated carbocycles. The highest BCUT2D eigenvalue weighted by molar-refractivity contribution is 5.74. The van der Waals surface area contributed by atoms with Crippen LogP contribution in [-0.4, -0.2) is 16.3 Å². The summed E-state index contributed by atoms with van der Waals surface area (Å²) in [6, 6.07) is 5.95. The normalized spacial score (nSPS) is 10.2. The van der Waals surface area contributed by atoms with Crippen LogP contribution in [0.4, 0.5) is 0 Å². The van der Waals surface area contributed by atoms with Crippen LogP contribution in [0.1, 0.15) is 34.1 Å². The highest BCUT2D eigenvalue weighted by Crippen LogP contribution is 2.08. The molecule has 86 valence electrons. The Morgan fingerprint density at radius 3 is 2.71 bits per heavy atom. The molecule has 2 aromatic rings. The molecule has 17 heavy (non-hydrogen) atoms. The first kappa shape index (κ1) is 11.5. The van der Waals surface area contributed by atoms with E-state index in [9.17, 15) is 4.79 Å². The average molecular weight is 226 g/mol. The van der Waals surface area contributed by atoms with E-state index < -0.39 is 0 Å². The van der Waals surface area contributed by atoms with E-state index >= 15 is 0 Å². The fourth-order valence-corrected chi connectivity index (χ4v) is 1.65. The van der Waals surface area contributed by atoms with Gasteiger partial charge in [-0.1, -0.05) is 13.0 Å². The summed E-state index contributed by atoms with van der Waals surface area (Å²) in [7, 11) is 0. The van der Waals surface area contributed by atoms with Crippen molar-refractivity contribution in [2.45, 2.75) is 19.8 Å². The van der Waals surface area contributed by atoms with Crippen LogP contribution in [0.15, 0.2) is 36.8 Å². The zero-order chi connectivity index (χ0) is 12.1. The third-order valence-electron chi connectivity index (χ3n) is 2.63. The van der Waals surface area contributed by atoms with Gasteiger partial charge in [-0.2, -0.15) is 0 Å². The van der Waals surface area contributed by atoms with Crippen molar-refractivity contribution in [2.24, 2.45) is 0 Å². The number of nitrogens with zero attached hydrogens (tertiary/aromatic N) is 2. The Morgan fingerprint density at radius 1 is 1.18 bits per heavy atom.